The number of hydrogen-bond donors (Lipinski definition) is 2. The number of ether oxygens (including phenoxy) is 1. The van der Waals surface area contributed by atoms with E-state index in [4.69, 9.17) is 15.7 Å². The number of piperidine rings is 1. The van der Waals surface area contributed by atoms with Gasteiger partial charge in [0.2, 0.25) is 5.91 Å². The molecule has 0 spiro atoms. The molecule has 0 aromatic carbocycles. The highest BCUT2D eigenvalue weighted by molar-refractivity contribution is 6.07. The minimum absolute atomic E-state index is 0.0201. The van der Waals surface area contributed by atoms with Gasteiger partial charge in [-0.1, -0.05) is 12.1 Å². The van der Waals surface area contributed by atoms with Gasteiger partial charge in [-0.2, -0.15) is 0 Å². The van der Waals surface area contributed by atoms with Crippen molar-refractivity contribution in [1.82, 2.24) is 4.90 Å². The maximum atomic E-state index is 12.8. The molecule has 1 saturated carbocycles. The second-order valence-electron chi connectivity index (χ2n) is 6.30. The summed E-state index contributed by atoms with van der Waals surface area (Å²) in [6.45, 7) is 4.23. The first-order valence-corrected chi connectivity index (χ1v) is 7.30. The van der Waals surface area contributed by atoms with Crippen LogP contribution in [0.3, 0.4) is 0 Å². The quantitative estimate of drug-likeness (QED) is 0.349. The zero-order valence-corrected chi connectivity index (χ0v) is 12.3. The highest BCUT2D eigenvalue weighted by Crippen LogP contribution is 2.47. The minimum atomic E-state index is -0.775. The lowest BCUT2D eigenvalue weighted by atomic mass is 9.61. The lowest BCUT2D eigenvalue weighted by Gasteiger charge is -2.47. The Bertz CT molecular complexity index is 389. The van der Waals surface area contributed by atoms with Crippen LogP contribution in [-0.2, 0) is 9.53 Å². The van der Waals surface area contributed by atoms with E-state index >= 15 is 0 Å². The topological polar surface area (TPSA) is 88.2 Å². The summed E-state index contributed by atoms with van der Waals surface area (Å²) < 4.78 is 5.19. The van der Waals surface area contributed by atoms with Crippen molar-refractivity contribution < 1.29 is 14.7 Å². The Kier molecular flexibility index (Phi) is 4.52. The molecule has 1 atom stereocenters. The van der Waals surface area contributed by atoms with Crippen molar-refractivity contribution in [3.8, 4) is 0 Å². The van der Waals surface area contributed by atoms with Crippen LogP contribution < -0.4 is 5.73 Å². The van der Waals surface area contributed by atoms with Crippen LogP contribution in [0.4, 0.5) is 0 Å². The zero-order valence-electron chi connectivity index (χ0n) is 12.3. The molecule has 1 aliphatic carbocycles. The Morgan fingerprint density at radius 2 is 2.25 bits per heavy atom. The molecule has 20 heavy (non-hydrogen) atoms. The Labute approximate surface area is 119 Å². The van der Waals surface area contributed by atoms with E-state index in [1.165, 1.54) is 0 Å². The Hall–Kier alpha value is -1.30. The van der Waals surface area contributed by atoms with Crippen molar-refractivity contribution in [3.05, 3.63) is 0 Å². The van der Waals surface area contributed by atoms with Gasteiger partial charge in [-0.05, 0) is 37.5 Å². The largest absolute Gasteiger partial charge is 0.409 e. The number of carbonyl (C=O) groups excluding carboxylic acids is 1. The molecule has 1 aliphatic heterocycles. The molecule has 2 fully saturated rings. The molecular formula is C14H25N3O3. The van der Waals surface area contributed by atoms with E-state index in [0.29, 0.717) is 37.8 Å². The van der Waals surface area contributed by atoms with Crippen LogP contribution in [0.2, 0.25) is 0 Å². The zero-order chi connectivity index (χ0) is 14.8. The summed E-state index contributed by atoms with van der Waals surface area (Å²) >= 11 is 0. The van der Waals surface area contributed by atoms with Crippen molar-refractivity contribution >= 4 is 11.7 Å². The molecule has 1 saturated heterocycles. The van der Waals surface area contributed by atoms with E-state index in [1.54, 1.807) is 7.11 Å². The van der Waals surface area contributed by atoms with Crippen LogP contribution in [0.15, 0.2) is 5.16 Å². The first kappa shape index (κ1) is 15.1. The van der Waals surface area contributed by atoms with Crippen molar-refractivity contribution in [2.24, 2.45) is 28.1 Å². The molecule has 6 heteroatoms. The van der Waals surface area contributed by atoms with E-state index < -0.39 is 5.41 Å². The van der Waals surface area contributed by atoms with Crippen molar-refractivity contribution in [2.75, 3.05) is 26.8 Å². The maximum Gasteiger partial charge on any atom is 0.236 e. The molecule has 1 heterocycles. The molecule has 2 aliphatic rings. The molecule has 0 radical (unpaired) electrons. The van der Waals surface area contributed by atoms with Gasteiger partial charge < -0.3 is 20.6 Å². The normalized spacial score (nSPS) is 34.7. The Morgan fingerprint density at radius 1 is 1.55 bits per heavy atom. The monoisotopic (exact) mass is 283 g/mol. The summed E-state index contributed by atoms with van der Waals surface area (Å²) in [5.74, 6) is 0.916. The number of rotatable bonds is 4. The predicted octanol–water partition coefficient (Wildman–Crippen LogP) is 1.03. The van der Waals surface area contributed by atoms with Gasteiger partial charge in [-0.3, -0.25) is 4.79 Å². The molecular weight excluding hydrogens is 258 g/mol. The van der Waals surface area contributed by atoms with Gasteiger partial charge in [0.25, 0.3) is 0 Å². The third-order valence-electron chi connectivity index (χ3n) is 4.61. The van der Waals surface area contributed by atoms with Crippen molar-refractivity contribution in [1.29, 1.82) is 0 Å². The number of likely N-dealkylation sites (tertiary alicyclic amines) is 1. The van der Waals surface area contributed by atoms with E-state index in [0.717, 1.165) is 19.4 Å². The fourth-order valence-electron chi connectivity index (χ4n) is 3.64. The first-order valence-electron chi connectivity index (χ1n) is 7.30. The molecule has 3 N–H and O–H groups in total. The SMILES string of the molecule is COCC1CCCN(C(=O)C2(C(N)=NO)CC(C)C2)C1. The van der Waals surface area contributed by atoms with Gasteiger partial charge in [-0.25, -0.2) is 0 Å². The van der Waals surface area contributed by atoms with Crippen LogP contribution in [0.1, 0.15) is 32.6 Å². The van der Waals surface area contributed by atoms with Crippen LogP contribution in [0, 0.1) is 17.3 Å². The number of amides is 1. The van der Waals surface area contributed by atoms with Crippen LogP contribution in [0.5, 0.6) is 0 Å². The lowest BCUT2D eigenvalue weighted by molar-refractivity contribution is -0.146. The van der Waals surface area contributed by atoms with Gasteiger partial charge in [-0.15, -0.1) is 0 Å². The average Bonchev–Trinajstić information content (AvgIpc) is 2.42. The van der Waals surface area contributed by atoms with Crippen LogP contribution in [-0.4, -0.2) is 48.7 Å². The van der Waals surface area contributed by atoms with Gasteiger partial charge in [0.15, 0.2) is 5.84 Å². The summed E-state index contributed by atoms with van der Waals surface area (Å²) in [7, 11) is 1.69. The second-order valence-corrected chi connectivity index (χ2v) is 6.30. The number of oxime groups is 1. The van der Waals surface area contributed by atoms with Gasteiger partial charge in [0.05, 0.1) is 6.61 Å². The summed E-state index contributed by atoms with van der Waals surface area (Å²) in [4.78, 5) is 14.7. The third kappa shape index (κ3) is 2.61. The smallest absolute Gasteiger partial charge is 0.236 e. The Balaban J connectivity index is 2.08. The Morgan fingerprint density at radius 3 is 2.80 bits per heavy atom. The van der Waals surface area contributed by atoms with Gasteiger partial charge in [0, 0.05) is 20.2 Å². The number of methoxy groups -OCH3 is 1. The first-order chi connectivity index (χ1) is 9.53. The number of carbonyl (C=O) groups is 1. The average molecular weight is 283 g/mol. The minimum Gasteiger partial charge on any atom is -0.409 e. The lowest BCUT2D eigenvalue weighted by Crippen LogP contribution is -2.59. The van der Waals surface area contributed by atoms with Crippen molar-refractivity contribution in [2.45, 2.75) is 32.6 Å². The van der Waals surface area contributed by atoms with E-state index in [1.807, 2.05) is 4.90 Å². The number of nitrogens with two attached hydrogens (primary N) is 1. The van der Waals surface area contributed by atoms with Crippen LogP contribution >= 0.6 is 0 Å². The fraction of sp³-hybridized carbons (Fsp3) is 0.857. The molecule has 0 aromatic rings. The van der Waals surface area contributed by atoms with Crippen molar-refractivity contribution in [3.63, 3.8) is 0 Å². The molecule has 1 unspecified atom stereocenters. The fourth-order valence-corrected chi connectivity index (χ4v) is 3.64. The molecule has 6 nitrogen and oxygen atoms in total. The molecule has 114 valence electrons. The standard InChI is InChI=1S/C14H25N3O3/c1-10-6-14(7-10,12(15)16-19)13(18)17-5-3-4-11(8-17)9-20-2/h10-11,19H,3-9H2,1-2H3,(H2,15,16). The second kappa shape index (κ2) is 5.99. The molecule has 1 amide bonds. The molecule has 0 bridgehead atoms. The summed E-state index contributed by atoms with van der Waals surface area (Å²) in [6.07, 6.45) is 3.42. The van der Waals surface area contributed by atoms with E-state index in [9.17, 15) is 4.79 Å². The van der Waals surface area contributed by atoms with Gasteiger partial charge in [0.1, 0.15) is 5.41 Å². The highest BCUT2D eigenvalue weighted by atomic mass is 16.5. The van der Waals surface area contributed by atoms with Crippen LogP contribution in [0.25, 0.3) is 0 Å². The highest BCUT2D eigenvalue weighted by Gasteiger charge is 2.54. The maximum absolute atomic E-state index is 12.8. The number of hydrogen-bond acceptors (Lipinski definition) is 4. The third-order valence-corrected chi connectivity index (χ3v) is 4.61. The number of nitrogens with zero attached hydrogens (tertiary/aromatic N) is 2. The summed E-state index contributed by atoms with van der Waals surface area (Å²) in [5, 5.41) is 12.1. The molecule has 2 rings (SSSR count). The number of amidine groups is 1. The van der Waals surface area contributed by atoms with E-state index in [2.05, 4.69) is 12.1 Å². The van der Waals surface area contributed by atoms with Gasteiger partial charge >= 0.3 is 0 Å². The molecule has 0 aromatic heterocycles. The predicted molar refractivity (Wildman–Crippen MR) is 75.4 cm³/mol. The summed E-state index contributed by atoms with van der Waals surface area (Å²) in [5.41, 5.74) is 5.03. The van der Waals surface area contributed by atoms with E-state index in [-0.39, 0.29) is 11.7 Å². The summed E-state index contributed by atoms with van der Waals surface area (Å²) in [6, 6.07) is 0.